The molecule has 10 heteroatoms. The number of alkyl carbamates (subject to hydrolysis) is 1. The molecule has 4 N–H and O–H groups in total. The minimum absolute atomic E-state index is 0.404. The van der Waals surface area contributed by atoms with Crippen molar-refractivity contribution in [3.63, 3.8) is 0 Å². The van der Waals surface area contributed by atoms with Gasteiger partial charge in [-0.05, 0) is 88.9 Å². The Morgan fingerprint density at radius 1 is 0.818 bits per heavy atom. The number of fused-ring (bicyclic) bond motifs is 2. The molecule has 44 heavy (non-hydrogen) atoms. The Labute approximate surface area is 258 Å². The van der Waals surface area contributed by atoms with E-state index in [1.54, 1.807) is 27.7 Å². The van der Waals surface area contributed by atoms with Crippen molar-refractivity contribution in [1.82, 2.24) is 16.0 Å². The number of rotatable bonds is 8. The van der Waals surface area contributed by atoms with Gasteiger partial charge in [0.05, 0.1) is 0 Å². The predicted octanol–water partition coefficient (Wildman–Crippen LogP) is 4.64. The first kappa shape index (κ1) is 32.1. The van der Waals surface area contributed by atoms with E-state index in [2.05, 4.69) is 63.6 Å². The summed E-state index contributed by atoms with van der Waals surface area (Å²) in [6, 6.07) is 13.3. The van der Waals surface area contributed by atoms with Crippen molar-refractivity contribution < 1.29 is 23.9 Å². The minimum atomic E-state index is -0.944. The van der Waals surface area contributed by atoms with Gasteiger partial charge in [0.25, 0.3) is 0 Å². The highest BCUT2D eigenvalue weighted by Gasteiger charge is 2.28. The molecule has 1 heterocycles. The quantitative estimate of drug-likeness (QED) is 0.350. The Morgan fingerprint density at radius 2 is 1.41 bits per heavy atom. The second-order valence-corrected chi connectivity index (χ2v) is 12.0. The van der Waals surface area contributed by atoms with E-state index in [4.69, 9.17) is 4.74 Å². The van der Waals surface area contributed by atoms with Gasteiger partial charge in [0.15, 0.2) is 0 Å². The average Bonchev–Trinajstić information content (AvgIpc) is 2.97. The number of ether oxygens (including phenoxy) is 1. The Hall–Kier alpha value is -4.86. The van der Waals surface area contributed by atoms with Crippen LogP contribution in [-0.4, -0.2) is 54.6 Å². The van der Waals surface area contributed by atoms with Gasteiger partial charge in [0, 0.05) is 29.7 Å². The summed E-state index contributed by atoms with van der Waals surface area (Å²) in [5, 5.41) is 10.4. The zero-order valence-corrected chi connectivity index (χ0v) is 26.3. The molecule has 232 valence electrons. The van der Waals surface area contributed by atoms with Crippen LogP contribution in [0.15, 0.2) is 78.0 Å². The van der Waals surface area contributed by atoms with Crippen LogP contribution in [0.25, 0.3) is 5.57 Å². The Balaban J connectivity index is 1.35. The molecule has 0 aromatic heterocycles. The molecule has 2 aromatic carbocycles. The lowest BCUT2D eigenvalue weighted by Gasteiger charge is -2.35. The predicted molar refractivity (Wildman–Crippen MR) is 172 cm³/mol. The maximum atomic E-state index is 12.9. The summed E-state index contributed by atoms with van der Waals surface area (Å²) in [7, 11) is 2.08. The number of allylic oxidation sites excluding steroid dienone is 4. The molecule has 4 amide bonds. The fraction of sp³-hybridized carbons (Fsp3) is 0.353. The number of nitrogens with zero attached hydrogens (tertiary/aromatic N) is 1. The number of para-hydroxylation sites is 1. The van der Waals surface area contributed by atoms with Gasteiger partial charge in [-0.15, -0.1) is 0 Å². The summed E-state index contributed by atoms with van der Waals surface area (Å²) in [6.07, 6.45) is 6.45. The number of likely N-dealkylation sites (N-methyl/N-ethyl adjacent to an activating group) is 1. The van der Waals surface area contributed by atoms with Crippen LogP contribution in [0.1, 0.15) is 59.1 Å². The smallest absolute Gasteiger partial charge is 0.408 e. The normalized spacial score (nSPS) is 16.0. The van der Waals surface area contributed by atoms with E-state index >= 15 is 0 Å². The number of benzene rings is 2. The summed E-state index contributed by atoms with van der Waals surface area (Å²) >= 11 is 0. The van der Waals surface area contributed by atoms with Gasteiger partial charge in [-0.2, -0.15) is 0 Å². The molecule has 4 rings (SSSR count). The van der Waals surface area contributed by atoms with Crippen LogP contribution in [0.4, 0.5) is 16.2 Å². The number of anilines is 2. The van der Waals surface area contributed by atoms with Crippen molar-refractivity contribution in [3.05, 3.63) is 89.2 Å². The third-order valence-electron chi connectivity index (χ3n) is 7.29. The third kappa shape index (κ3) is 7.55. The topological polar surface area (TPSA) is 129 Å². The van der Waals surface area contributed by atoms with Crippen molar-refractivity contribution in [3.8, 4) is 0 Å². The fourth-order valence-electron chi connectivity index (χ4n) is 5.02. The molecule has 0 radical (unpaired) electrons. The first-order chi connectivity index (χ1) is 20.7. The average molecular weight is 600 g/mol. The number of carbonyl (C=O) groups is 4. The van der Waals surface area contributed by atoms with Crippen molar-refractivity contribution in [1.29, 1.82) is 0 Å². The zero-order chi connectivity index (χ0) is 32.2. The van der Waals surface area contributed by atoms with Crippen LogP contribution in [0, 0.1) is 0 Å². The lowest BCUT2D eigenvalue weighted by Crippen LogP contribution is -2.54. The maximum Gasteiger partial charge on any atom is 0.408 e. The molecule has 2 aromatic rings. The Kier molecular flexibility index (Phi) is 9.62. The van der Waals surface area contributed by atoms with E-state index < -0.39 is 47.5 Å². The van der Waals surface area contributed by atoms with E-state index in [0.29, 0.717) is 5.69 Å². The molecule has 2 aliphatic rings. The van der Waals surface area contributed by atoms with Gasteiger partial charge in [0.1, 0.15) is 23.7 Å². The summed E-state index contributed by atoms with van der Waals surface area (Å²) < 4.78 is 5.15. The van der Waals surface area contributed by atoms with Gasteiger partial charge >= 0.3 is 6.09 Å². The molecule has 1 aliphatic carbocycles. The van der Waals surface area contributed by atoms with Crippen LogP contribution < -0.4 is 26.2 Å². The largest absolute Gasteiger partial charge is 0.444 e. The number of carbonyl (C=O) groups excluding carboxylic acids is 4. The molecule has 1 aliphatic heterocycles. The van der Waals surface area contributed by atoms with Gasteiger partial charge < -0.3 is 30.9 Å². The van der Waals surface area contributed by atoms with E-state index in [-0.39, 0.29) is 0 Å². The van der Waals surface area contributed by atoms with Gasteiger partial charge in [-0.1, -0.05) is 42.5 Å². The van der Waals surface area contributed by atoms with Gasteiger partial charge in [-0.25, -0.2) is 4.79 Å². The van der Waals surface area contributed by atoms with Crippen LogP contribution >= 0.6 is 0 Å². The lowest BCUT2D eigenvalue weighted by molar-refractivity contribution is -0.131. The molecule has 10 nitrogen and oxygen atoms in total. The first-order valence-electron chi connectivity index (χ1n) is 14.7. The summed E-state index contributed by atoms with van der Waals surface area (Å²) in [5.41, 5.74) is 6.79. The highest BCUT2D eigenvalue weighted by molar-refractivity contribution is 5.99. The van der Waals surface area contributed by atoms with E-state index in [1.807, 2.05) is 36.4 Å². The van der Waals surface area contributed by atoms with Crippen LogP contribution in [0.3, 0.4) is 0 Å². The first-order valence-corrected chi connectivity index (χ1v) is 14.7. The Morgan fingerprint density at radius 3 is 2.05 bits per heavy atom. The van der Waals surface area contributed by atoms with Crippen LogP contribution in [-0.2, 0) is 19.1 Å². The summed E-state index contributed by atoms with van der Waals surface area (Å²) in [4.78, 5) is 52.2. The Bertz CT molecular complexity index is 1530. The molecule has 0 saturated carbocycles. The van der Waals surface area contributed by atoms with Gasteiger partial charge in [0.2, 0.25) is 17.7 Å². The van der Waals surface area contributed by atoms with Crippen molar-refractivity contribution in [2.45, 2.75) is 71.7 Å². The monoisotopic (exact) mass is 599 g/mol. The maximum absolute atomic E-state index is 12.9. The second-order valence-electron chi connectivity index (χ2n) is 12.0. The van der Waals surface area contributed by atoms with E-state index in [0.717, 1.165) is 23.2 Å². The third-order valence-corrected chi connectivity index (χ3v) is 7.29. The van der Waals surface area contributed by atoms with Gasteiger partial charge in [-0.3, -0.25) is 14.4 Å². The molecule has 0 unspecified atom stereocenters. The number of nitrogens with one attached hydrogen (secondary N) is 4. The lowest BCUT2D eigenvalue weighted by atomic mass is 9.84. The molecular weight excluding hydrogens is 558 g/mol. The van der Waals surface area contributed by atoms with Crippen molar-refractivity contribution >= 4 is 40.8 Å². The molecule has 0 fully saturated rings. The fourth-order valence-corrected chi connectivity index (χ4v) is 5.02. The molecule has 0 spiro atoms. The van der Waals surface area contributed by atoms with Crippen molar-refractivity contribution in [2.24, 2.45) is 0 Å². The summed E-state index contributed by atoms with van der Waals surface area (Å²) in [5.74, 6) is -1.51. The zero-order valence-electron chi connectivity index (χ0n) is 26.3. The molecular formula is C34H41N5O5. The highest BCUT2D eigenvalue weighted by atomic mass is 16.6. The minimum Gasteiger partial charge on any atom is -0.444 e. The number of hydrogen-bond donors (Lipinski definition) is 4. The molecule has 0 saturated heterocycles. The molecule has 3 atom stereocenters. The van der Waals surface area contributed by atoms with Crippen molar-refractivity contribution in [2.75, 3.05) is 17.3 Å². The number of hydrogen-bond acceptors (Lipinski definition) is 6. The SMILES string of the molecule is C[C@H](NC(=O)OC(C)(C)C)C(=O)N[C@@H](C)C(=O)N[C@@H](C)C(=O)Nc1ccc(C2=C3CC=CC=C3N(C)c3ccccc32)cc1. The van der Waals surface area contributed by atoms with E-state index in [1.165, 1.54) is 30.7 Å². The van der Waals surface area contributed by atoms with Crippen LogP contribution in [0.5, 0.6) is 0 Å². The second kappa shape index (κ2) is 13.2. The molecule has 0 bridgehead atoms. The number of amides is 4. The van der Waals surface area contributed by atoms with E-state index in [9.17, 15) is 19.2 Å². The summed E-state index contributed by atoms with van der Waals surface area (Å²) in [6.45, 7) is 9.68. The standard InChI is InChI=1S/C34H41N5O5/c1-20(35-31(41)22(3)37-33(43)44-34(4,5)6)30(40)36-21(2)32(42)38-24-18-16-23(17-19-24)29-25-12-8-10-14-27(25)39(7)28-15-11-9-13-26(28)29/h8-12,14-22H,13H2,1-7H3,(H,35,41)(H,36,40)(H,37,43)(H,38,42)/t20-,21-,22-/m0/s1. The van der Waals surface area contributed by atoms with Crippen LogP contribution in [0.2, 0.25) is 0 Å². The highest BCUT2D eigenvalue weighted by Crippen LogP contribution is 2.44.